The average molecular weight is 479 g/mol. The van der Waals surface area contributed by atoms with Crippen molar-refractivity contribution in [2.75, 3.05) is 11.5 Å². The monoisotopic (exact) mass is 479 g/mol. The molecule has 3 aromatic heterocycles. The van der Waals surface area contributed by atoms with Crippen LogP contribution in [-0.4, -0.2) is 16.2 Å². The number of aryl methyl sites for hydroxylation is 1. The second-order valence-corrected chi connectivity index (χ2v) is 7.51. The fourth-order valence-corrected chi connectivity index (χ4v) is 4.10. The van der Waals surface area contributed by atoms with Gasteiger partial charge in [-0.1, -0.05) is 4.68 Å². The molecule has 3 heterocycles. The summed E-state index contributed by atoms with van der Waals surface area (Å²) >= 11 is 0.575. The summed E-state index contributed by atoms with van der Waals surface area (Å²) in [5.41, 5.74) is 8.59. The SMILES string of the molecule is C[n+]1[nH]oc(=O)c1-c1c(C#N)c(N)nc2sc(C([O-])=Nc3c(F)c(F)cc(F)c3F)c(N)c12. The molecule has 0 unspecified atom stereocenters. The maximum Gasteiger partial charge on any atom is 0.435 e. The molecule has 0 saturated heterocycles. The fourth-order valence-electron chi connectivity index (χ4n) is 3.10. The molecule has 15 heteroatoms. The molecule has 0 fully saturated rings. The van der Waals surface area contributed by atoms with E-state index < -0.39 is 45.4 Å². The number of rotatable bonds is 3. The number of anilines is 2. The van der Waals surface area contributed by atoms with Crippen molar-refractivity contribution in [2.24, 2.45) is 12.0 Å². The number of halogens is 4. The number of nitrogens with zero attached hydrogens (tertiary/aromatic N) is 4. The third-order valence-corrected chi connectivity index (χ3v) is 5.64. The van der Waals surface area contributed by atoms with Gasteiger partial charge in [0, 0.05) is 12.0 Å². The van der Waals surface area contributed by atoms with Gasteiger partial charge in [0.05, 0.1) is 21.5 Å². The van der Waals surface area contributed by atoms with Crippen molar-refractivity contribution in [1.29, 1.82) is 5.26 Å². The minimum atomic E-state index is -1.88. The first-order valence-corrected chi connectivity index (χ1v) is 9.46. The zero-order valence-electron chi connectivity index (χ0n) is 16.2. The van der Waals surface area contributed by atoms with E-state index in [0.29, 0.717) is 11.3 Å². The molecule has 4 aromatic rings. The summed E-state index contributed by atoms with van der Waals surface area (Å²) in [6, 6.07) is 1.76. The second-order valence-electron chi connectivity index (χ2n) is 6.51. The molecule has 0 amide bonds. The highest BCUT2D eigenvalue weighted by Crippen LogP contribution is 2.41. The van der Waals surface area contributed by atoms with Crippen LogP contribution in [-0.2, 0) is 7.05 Å². The van der Waals surface area contributed by atoms with Crippen LogP contribution < -0.4 is 26.9 Å². The van der Waals surface area contributed by atoms with Crippen molar-refractivity contribution in [3.63, 3.8) is 0 Å². The first-order valence-electron chi connectivity index (χ1n) is 8.65. The Morgan fingerprint density at radius 1 is 1.30 bits per heavy atom. The maximum absolute atomic E-state index is 13.9. The van der Waals surface area contributed by atoms with Crippen LogP contribution in [0.1, 0.15) is 10.4 Å². The predicted molar refractivity (Wildman–Crippen MR) is 105 cm³/mol. The Morgan fingerprint density at radius 2 is 1.94 bits per heavy atom. The standard InChI is InChI=1S/C18H9F4N7O3S/c1-29-13(18(31)32-28-29)7-4(3-23)15(25)27-17-8(7)11(24)14(33-17)16(30)26-12-9(21)5(19)2-6(20)10(12)22/h2H,1H3,(H5-,24,25,26,27,28,30,31). The van der Waals surface area contributed by atoms with Crippen LogP contribution in [0, 0.1) is 34.6 Å². The van der Waals surface area contributed by atoms with Crippen LogP contribution >= 0.6 is 11.3 Å². The molecule has 0 spiro atoms. The number of nitrogens with two attached hydrogens (primary N) is 2. The summed E-state index contributed by atoms with van der Waals surface area (Å²) in [6.07, 6.45) is 0. The van der Waals surface area contributed by atoms with Gasteiger partial charge in [-0.05, 0) is 5.27 Å². The van der Waals surface area contributed by atoms with E-state index in [9.17, 15) is 32.7 Å². The Kier molecular flexibility index (Phi) is 5.01. The van der Waals surface area contributed by atoms with Crippen molar-refractivity contribution in [3.8, 4) is 17.3 Å². The van der Waals surface area contributed by atoms with Gasteiger partial charge in [0.2, 0.25) is 0 Å². The lowest BCUT2D eigenvalue weighted by atomic mass is 10.0. The molecule has 33 heavy (non-hydrogen) atoms. The lowest BCUT2D eigenvalue weighted by molar-refractivity contribution is -0.730. The van der Waals surface area contributed by atoms with Crippen molar-refractivity contribution >= 4 is 44.6 Å². The van der Waals surface area contributed by atoms with Gasteiger partial charge in [-0.3, -0.25) is 9.52 Å². The number of hydrogen-bond acceptors (Lipinski definition) is 9. The van der Waals surface area contributed by atoms with Gasteiger partial charge in [-0.15, -0.1) is 11.3 Å². The summed E-state index contributed by atoms with van der Waals surface area (Å²) in [5.74, 6) is -8.94. The molecule has 0 aliphatic carbocycles. The van der Waals surface area contributed by atoms with Crippen LogP contribution in [0.25, 0.3) is 21.5 Å². The largest absolute Gasteiger partial charge is 0.858 e. The maximum atomic E-state index is 13.9. The number of hydrogen-bond donors (Lipinski definition) is 3. The number of nitrogens with one attached hydrogen (secondary N) is 1. The predicted octanol–water partition coefficient (Wildman–Crippen LogP) is 1.10. The average Bonchev–Trinajstić information content (AvgIpc) is 3.27. The highest BCUT2D eigenvalue weighted by molar-refractivity contribution is 7.21. The van der Waals surface area contributed by atoms with E-state index in [2.05, 4.69) is 15.2 Å². The number of aromatic amines is 1. The molecule has 0 aliphatic rings. The van der Waals surface area contributed by atoms with E-state index in [-0.39, 0.29) is 44.6 Å². The van der Waals surface area contributed by atoms with Crippen molar-refractivity contribution in [1.82, 2.24) is 10.3 Å². The van der Waals surface area contributed by atoms with Gasteiger partial charge in [-0.2, -0.15) is 5.26 Å². The van der Waals surface area contributed by atoms with E-state index in [1.165, 1.54) is 7.05 Å². The Bertz CT molecular complexity index is 1570. The number of nitriles is 1. The third-order valence-electron chi connectivity index (χ3n) is 4.55. The highest BCUT2D eigenvalue weighted by atomic mass is 32.1. The smallest absolute Gasteiger partial charge is 0.435 e. The Balaban J connectivity index is 2.05. The molecule has 0 aliphatic heterocycles. The number of aromatic nitrogens is 3. The van der Waals surface area contributed by atoms with Gasteiger partial charge in [-0.25, -0.2) is 27.3 Å². The first kappa shape index (κ1) is 21.8. The van der Waals surface area contributed by atoms with Gasteiger partial charge < -0.3 is 16.6 Å². The normalized spacial score (nSPS) is 11.8. The number of benzene rings is 1. The Hall–Kier alpha value is -4.45. The number of H-pyrrole nitrogens is 1. The van der Waals surface area contributed by atoms with Crippen molar-refractivity contribution < 1.29 is 31.9 Å². The lowest BCUT2D eigenvalue weighted by Crippen LogP contribution is -2.34. The van der Waals surface area contributed by atoms with Crippen LogP contribution in [0.2, 0.25) is 0 Å². The van der Waals surface area contributed by atoms with Gasteiger partial charge in [0.1, 0.15) is 28.0 Å². The quantitative estimate of drug-likeness (QED) is 0.130. The molecular weight excluding hydrogens is 470 g/mol. The number of fused-ring (bicyclic) bond motifs is 1. The van der Waals surface area contributed by atoms with Crippen LogP contribution in [0.3, 0.4) is 0 Å². The summed E-state index contributed by atoms with van der Waals surface area (Å²) < 4.78 is 60.6. The molecule has 10 nitrogen and oxygen atoms in total. The Labute approximate surface area is 183 Å². The zero-order chi connectivity index (χ0) is 24.2. The minimum absolute atomic E-state index is 0.0236. The van der Waals surface area contributed by atoms with Crippen LogP contribution in [0.5, 0.6) is 0 Å². The molecule has 4 rings (SSSR count). The van der Waals surface area contributed by atoms with Gasteiger partial charge in [0.25, 0.3) is 0 Å². The zero-order valence-corrected chi connectivity index (χ0v) is 17.0. The summed E-state index contributed by atoms with van der Waals surface area (Å²) in [6.45, 7) is 0. The van der Waals surface area contributed by atoms with Crippen molar-refractivity contribution in [2.45, 2.75) is 0 Å². The third kappa shape index (κ3) is 3.24. The molecule has 0 saturated carbocycles. The highest BCUT2D eigenvalue weighted by Gasteiger charge is 2.31. The molecular formula is C18H9F4N7O3S. The van der Waals surface area contributed by atoms with E-state index in [4.69, 9.17) is 16.0 Å². The van der Waals surface area contributed by atoms with Crippen molar-refractivity contribution in [3.05, 3.63) is 50.2 Å². The Morgan fingerprint density at radius 3 is 2.48 bits per heavy atom. The molecule has 0 radical (unpaired) electrons. The molecule has 0 atom stereocenters. The summed E-state index contributed by atoms with van der Waals surface area (Å²) in [5, 5.41) is 24.4. The van der Waals surface area contributed by atoms with Gasteiger partial charge >= 0.3 is 11.3 Å². The summed E-state index contributed by atoms with van der Waals surface area (Å²) in [7, 11) is 1.39. The number of pyridine rings is 1. The molecule has 1 aromatic carbocycles. The number of thiophene rings is 1. The lowest BCUT2D eigenvalue weighted by Gasteiger charge is -2.11. The number of nitrogen functional groups attached to an aromatic ring is 2. The van der Waals surface area contributed by atoms with Crippen LogP contribution in [0.15, 0.2) is 20.4 Å². The summed E-state index contributed by atoms with van der Waals surface area (Å²) in [4.78, 5) is 18.9. The van der Waals surface area contributed by atoms with Gasteiger partial charge in [0.15, 0.2) is 30.3 Å². The second kappa shape index (κ2) is 7.60. The van der Waals surface area contributed by atoms with Crippen LogP contribution in [0.4, 0.5) is 34.8 Å². The minimum Gasteiger partial charge on any atom is -0.858 e. The number of aliphatic imine (C=N–C) groups is 1. The first-order chi connectivity index (χ1) is 15.6. The molecule has 0 bridgehead atoms. The van der Waals surface area contributed by atoms with E-state index in [1.807, 2.05) is 0 Å². The molecule has 168 valence electrons. The topological polar surface area (TPSA) is 174 Å². The van der Waals surface area contributed by atoms with E-state index in [1.54, 1.807) is 6.07 Å². The molecule has 5 N–H and O–H groups in total. The van der Waals surface area contributed by atoms with E-state index in [0.717, 1.165) is 4.68 Å². The fraction of sp³-hybridized carbons (Fsp3) is 0.0556. The van der Waals surface area contributed by atoms with E-state index >= 15 is 0 Å².